The number of likely N-dealkylation sites (tertiary alicyclic amines) is 2. The molecule has 1 spiro atoms. The van der Waals surface area contributed by atoms with Crippen LogP contribution in [0.4, 0.5) is 0 Å². The monoisotopic (exact) mass is 384 g/mol. The van der Waals surface area contributed by atoms with E-state index in [9.17, 15) is 0 Å². The van der Waals surface area contributed by atoms with Gasteiger partial charge in [-0.1, -0.05) is 31.2 Å². The molecular weight excluding hydrogens is 348 g/mol. The van der Waals surface area contributed by atoms with E-state index in [1.165, 1.54) is 49.9 Å². The molecule has 1 atom stereocenters. The van der Waals surface area contributed by atoms with E-state index in [4.69, 9.17) is 4.74 Å². The number of nitrogens with one attached hydrogen (secondary N) is 1. The number of rotatable bonds is 4. The Labute approximate surface area is 170 Å². The quantitative estimate of drug-likeness (QED) is 0.640. The van der Waals surface area contributed by atoms with Crippen molar-refractivity contribution >= 4 is 5.96 Å². The van der Waals surface area contributed by atoms with Crippen LogP contribution in [-0.2, 0) is 17.8 Å². The molecule has 4 rings (SSSR count). The van der Waals surface area contributed by atoms with Crippen molar-refractivity contribution in [2.24, 2.45) is 16.3 Å². The van der Waals surface area contributed by atoms with Crippen molar-refractivity contribution in [1.82, 2.24) is 15.1 Å². The van der Waals surface area contributed by atoms with Crippen LogP contribution < -0.4 is 5.32 Å². The molecule has 0 radical (unpaired) electrons. The average molecular weight is 385 g/mol. The number of guanidine groups is 1. The van der Waals surface area contributed by atoms with Gasteiger partial charge in [0.05, 0.1) is 6.61 Å². The first-order valence-corrected chi connectivity index (χ1v) is 11.0. The number of aliphatic imine (C=N–C) groups is 1. The highest BCUT2D eigenvalue weighted by Gasteiger charge is 2.42. The minimum absolute atomic E-state index is 0.365. The van der Waals surface area contributed by atoms with Crippen LogP contribution in [0.25, 0.3) is 0 Å². The molecule has 3 aliphatic rings. The molecule has 3 aliphatic heterocycles. The lowest BCUT2D eigenvalue weighted by atomic mass is 9.87. The number of piperidine rings is 1. The molecule has 1 unspecified atom stereocenters. The zero-order valence-electron chi connectivity index (χ0n) is 17.6. The third-order valence-electron chi connectivity index (χ3n) is 6.86. The Hall–Kier alpha value is -1.59. The maximum atomic E-state index is 5.66. The number of nitrogens with zero attached hydrogens (tertiary/aromatic N) is 3. The van der Waals surface area contributed by atoms with E-state index in [1.807, 2.05) is 7.05 Å². The van der Waals surface area contributed by atoms with Crippen LogP contribution in [0.3, 0.4) is 0 Å². The maximum absolute atomic E-state index is 5.66. The molecule has 1 aromatic carbocycles. The van der Waals surface area contributed by atoms with Gasteiger partial charge in [-0.2, -0.15) is 0 Å². The van der Waals surface area contributed by atoms with Crippen LogP contribution in [0.1, 0.15) is 43.7 Å². The summed E-state index contributed by atoms with van der Waals surface area (Å²) in [5.74, 6) is 1.92. The molecule has 28 heavy (non-hydrogen) atoms. The molecule has 1 aromatic rings. The summed E-state index contributed by atoms with van der Waals surface area (Å²) in [4.78, 5) is 9.55. The van der Waals surface area contributed by atoms with Gasteiger partial charge in [0.1, 0.15) is 0 Å². The summed E-state index contributed by atoms with van der Waals surface area (Å²) >= 11 is 0. The Morgan fingerprint density at radius 1 is 1.21 bits per heavy atom. The summed E-state index contributed by atoms with van der Waals surface area (Å²) < 4.78 is 5.66. The van der Waals surface area contributed by atoms with E-state index in [1.54, 1.807) is 0 Å². The molecular formula is C23H36N4O. The Morgan fingerprint density at radius 2 is 2.04 bits per heavy atom. The smallest absolute Gasteiger partial charge is 0.193 e. The summed E-state index contributed by atoms with van der Waals surface area (Å²) in [6.07, 6.45) is 5.08. The molecule has 3 saturated heterocycles. The molecule has 5 nitrogen and oxygen atoms in total. The van der Waals surface area contributed by atoms with E-state index < -0.39 is 0 Å². The Morgan fingerprint density at radius 3 is 2.79 bits per heavy atom. The van der Waals surface area contributed by atoms with Gasteiger partial charge in [-0.05, 0) is 55.8 Å². The van der Waals surface area contributed by atoms with Crippen molar-refractivity contribution in [2.75, 3.05) is 46.4 Å². The van der Waals surface area contributed by atoms with Gasteiger partial charge in [0.15, 0.2) is 5.96 Å². The van der Waals surface area contributed by atoms with Crippen molar-refractivity contribution in [3.8, 4) is 0 Å². The predicted molar refractivity (Wildman–Crippen MR) is 114 cm³/mol. The van der Waals surface area contributed by atoms with E-state index in [2.05, 4.69) is 51.3 Å². The number of hydrogen-bond donors (Lipinski definition) is 1. The second-order valence-corrected chi connectivity index (χ2v) is 9.15. The number of ether oxygens (including phenoxy) is 1. The van der Waals surface area contributed by atoms with Crippen LogP contribution in [0.2, 0.25) is 0 Å². The highest BCUT2D eigenvalue weighted by atomic mass is 16.5. The van der Waals surface area contributed by atoms with Gasteiger partial charge >= 0.3 is 0 Å². The number of benzene rings is 1. The predicted octanol–water partition coefficient (Wildman–Crippen LogP) is 3.11. The first-order valence-electron chi connectivity index (χ1n) is 11.0. The summed E-state index contributed by atoms with van der Waals surface area (Å²) in [6.45, 7) is 10.7. The molecule has 0 saturated carbocycles. The minimum Gasteiger partial charge on any atom is -0.381 e. The number of hydrogen-bond acceptors (Lipinski definition) is 3. The van der Waals surface area contributed by atoms with E-state index in [0.717, 1.165) is 51.3 Å². The van der Waals surface area contributed by atoms with Crippen LogP contribution in [0.5, 0.6) is 0 Å². The molecule has 0 amide bonds. The van der Waals surface area contributed by atoms with Crippen molar-refractivity contribution in [3.63, 3.8) is 0 Å². The van der Waals surface area contributed by atoms with Crippen LogP contribution in [-0.4, -0.2) is 62.2 Å². The zero-order chi connectivity index (χ0) is 19.4. The van der Waals surface area contributed by atoms with Crippen molar-refractivity contribution in [1.29, 1.82) is 0 Å². The van der Waals surface area contributed by atoms with Crippen molar-refractivity contribution in [2.45, 2.75) is 45.7 Å². The van der Waals surface area contributed by atoms with Gasteiger partial charge in [0, 0.05) is 45.2 Å². The molecule has 0 bridgehead atoms. The van der Waals surface area contributed by atoms with Gasteiger partial charge < -0.3 is 15.0 Å². The first-order chi connectivity index (χ1) is 13.7. The fraction of sp³-hybridized carbons (Fsp3) is 0.696. The Kier molecular flexibility index (Phi) is 6.22. The average Bonchev–Trinajstić information content (AvgIpc) is 3.35. The first kappa shape index (κ1) is 19.7. The molecule has 0 aliphatic carbocycles. The molecule has 3 heterocycles. The van der Waals surface area contributed by atoms with Gasteiger partial charge in [0.25, 0.3) is 0 Å². The van der Waals surface area contributed by atoms with Gasteiger partial charge in [-0.3, -0.25) is 9.89 Å². The fourth-order valence-corrected chi connectivity index (χ4v) is 4.92. The fourth-order valence-electron chi connectivity index (χ4n) is 4.92. The summed E-state index contributed by atoms with van der Waals surface area (Å²) in [5, 5.41) is 3.59. The molecule has 5 heteroatoms. The third-order valence-corrected chi connectivity index (χ3v) is 6.86. The zero-order valence-corrected chi connectivity index (χ0v) is 17.6. The molecule has 3 fully saturated rings. The standard InChI is InChI=1S/C23H36N4O/c1-19-6-10-26(11-7-19)16-21-5-3-4-20(14-21)15-25-22(24-2)27-12-8-23(17-27)9-13-28-18-23/h3-5,14,19H,6-13,15-18H2,1-2H3,(H,24,25). The van der Waals surface area contributed by atoms with Crippen LogP contribution >= 0.6 is 0 Å². The minimum atomic E-state index is 0.365. The van der Waals surface area contributed by atoms with E-state index in [0.29, 0.717) is 5.41 Å². The van der Waals surface area contributed by atoms with E-state index >= 15 is 0 Å². The van der Waals surface area contributed by atoms with Crippen LogP contribution in [0.15, 0.2) is 29.3 Å². The van der Waals surface area contributed by atoms with Crippen LogP contribution in [0, 0.1) is 11.3 Å². The Balaban J connectivity index is 1.30. The highest BCUT2D eigenvalue weighted by Crippen LogP contribution is 2.38. The van der Waals surface area contributed by atoms with E-state index in [-0.39, 0.29) is 0 Å². The lowest BCUT2D eigenvalue weighted by molar-refractivity contribution is 0.156. The molecule has 154 valence electrons. The van der Waals surface area contributed by atoms with Gasteiger partial charge in [-0.15, -0.1) is 0 Å². The SMILES string of the molecule is CN=C(NCc1cccc(CN2CCC(C)CC2)c1)N1CCC2(CCOC2)C1. The highest BCUT2D eigenvalue weighted by molar-refractivity contribution is 5.80. The summed E-state index contributed by atoms with van der Waals surface area (Å²) in [5.41, 5.74) is 3.12. The lowest BCUT2D eigenvalue weighted by Gasteiger charge is -2.30. The normalized spacial score (nSPS) is 27.1. The van der Waals surface area contributed by atoms with Crippen molar-refractivity contribution < 1.29 is 4.74 Å². The topological polar surface area (TPSA) is 40.1 Å². The maximum Gasteiger partial charge on any atom is 0.193 e. The largest absolute Gasteiger partial charge is 0.381 e. The second-order valence-electron chi connectivity index (χ2n) is 9.15. The van der Waals surface area contributed by atoms with Crippen molar-refractivity contribution in [3.05, 3.63) is 35.4 Å². The summed E-state index contributed by atoms with van der Waals surface area (Å²) in [6, 6.07) is 9.04. The summed E-state index contributed by atoms with van der Waals surface area (Å²) in [7, 11) is 1.90. The van der Waals surface area contributed by atoms with Gasteiger partial charge in [-0.25, -0.2) is 0 Å². The molecule has 1 N–H and O–H groups in total. The molecule has 0 aromatic heterocycles. The lowest BCUT2D eigenvalue weighted by Crippen LogP contribution is -2.41. The second kappa shape index (κ2) is 8.83. The Bertz CT molecular complexity index is 675. The third kappa shape index (κ3) is 4.69. The van der Waals surface area contributed by atoms with Gasteiger partial charge in [0.2, 0.25) is 0 Å².